The summed E-state index contributed by atoms with van der Waals surface area (Å²) < 4.78 is 1.16. The fraction of sp³-hybridized carbons (Fsp3) is 0.500. The van der Waals surface area contributed by atoms with Crippen LogP contribution in [-0.4, -0.2) is 22.5 Å². The molecule has 2 nitrogen and oxygen atoms in total. The van der Waals surface area contributed by atoms with Crippen LogP contribution in [0, 0.1) is 0 Å². The Morgan fingerprint density at radius 2 is 2.00 bits per heavy atom. The second kappa shape index (κ2) is 6.64. The van der Waals surface area contributed by atoms with Crippen molar-refractivity contribution in [2.24, 2.45) is 5.73 Å². The van der Waals surface area contributed by atoms with Crippen molar-refractivity contribution in [1.29, 1.82) is 0 Å². The number of halogens is 1. The molecule has 0 unspecified atom stereocenters. The number of thiocarbonyl (C=S) groups is 1. The lowest BCUT2D eigenvalue weighted by molar-refractivity contribution is 0.218. The van der Waals surface area contributed by atoms with Crippen molar-refractivity contribution in [2.75, 3.05) is 6.54 Å². The molecule has 98 valence electrons. The van der Waals surface area contributed by atoms with Gasteiger partial charge >= 0.3 is 0 Å². The molecule has 0 saturated heterocycles. The molecule has 1 fully saturated rings. The minimum Gasteiger partial charge on any atom is -0.392 e. The maximum atomic E-state index is 5.73. The van der Waals surface area contributed by atoms with E-state index in [-0.39, 0.29) is 0 Å². The van der Waals surface area contributed by atoms with Crippen LogP contribution in [0.25, 0.3) is 0 Å². The van der Waals surface area contributed by atoms with E-state index < -0.39 is 0 Å². The summed E-state index contributed by atoms with van der Waals surface area (Å²) in [5.41, 5.74) is 7.04. The number of benzene rings is 1. The molecule has 4 heteroatoms. The predicted octanol–water partition coefficient (Wildman–Crippen LogP) is 3.48. The molecule has 0 aliphatic heterocycles. The molecule has 0 spiro atoms. The van der Waals surface area contributed by atoms with Crippen LogP contribution >= 0.6 is 28.1 Å². The molecule has 0 atom stereocenters. The minimum absolute atomic E-state index is 0.592. The Labute approximate surface area is 123 Å². The molecule has 0 radical (unpaired) electrons. The highest BCUT2D eigenvalue weighted by atomic mass is 79.9. The summed E-state index contributed by atoms with van der Waals surface area (Å²) in [6.07, 6.45) is 5.20. The van der Waals surface area contributed by atoms with Crippen molar-refractivity contribution in [3.63, 3.8) is 0 Å². The van der Waals surface area contributed by atoms with Gasteiger partial charge in [-0.1, -0.05) is 59.2 Å². The lowest BCUT2D eigenvalue weighted by atomic mass is 10.1. The number of hydrogen-bond acceptors (Lipinski definition) is 2. The Bertz CT molecular complexity index is 416. The fourth-order valence-corrected chi connectivity index (χ4v) is 3.21. The first-order valence-corrected chi connectivity index (χ1v) is 7.62. The van der Waals surface area contributed by atoms with Crippen molar-refractivity contribution in [2.45, 2.75) is 38.3 Å². The molecule has 0 aromatic heterocycles. The van der Waals surface area contributed by atoms with E-state index in [1.165, 1.54) is 31.2 Å². The van der Waals surface area contributed by atoms with Crippen molar-refractivity contribution >= 4 is 33.1 Å². The van der Waals surface area contributed by atoms with Gasteiger partial charge in [0, 0.05) is 23.6 Å². The van der Waals surface area contributed by atoms with Crippen LogP contribution in [0.1, 0.15) is 31.2 Å². The van der Waals surface area contributed by atoms with Gasteiger partial charge in [-0.3, -0.25) is 4.90 Å². The summed E-state index contributed by atoms with van der Waals surface area (Å²) >= 11 is 8.69. The number of hydrogen-bond donors (Lipinski definition) is 1. The van der Waals surface area contributed by atoms with Gasteiger partial charge in [-0.25, -0.2) is 0 Å². The molecule has 1 aliphatic carbocycles. The van der Waals surface area contributed by atoms with Crippen LogP contribution in [0.15, 0.2) is 28.7 Å². The lowest BCUT2D eigenvalue weighted by Crippen LogP contribution is -2.38. The van der Waals surface area contributed by atoms with E-state index in [0.29, 0.717) is 11.0 Å². The van der Waals surface area contributed by atoms with E-state index >= 15 is 0 Å². The van der Waals surface area contributed by atoms with E-state index in [1.807, 2.05) is 6.07 Å². The van der Waals surface area contributed by atoms with Crippen LogP contribution in [-0.2, 0) is 6.54 Å². The molecule has 2 N–H and O–H groups in total. The van der Waals surface area contributed by atoms with Crippen LogP contribution in [0.4, 0.5) is 0 Å². The van der Waals surface area contributed by atoms with Crippen molar-refractivity contribution in [3.05, 3.63) is 34.3 Å². The summed E-state index contributed by atoms with van der Waals surface area (Å²) in [6.45, 7) is 1.64. The van der Waals surface area contributed by atoms with Crippen LogP contribution in [0.2, 0.25) is 0 Å². The zero-order valence-electron chi connectivity index (χ0n) is 10.4. The second-order valence-corrected chi connectivity index (χ2v) is 6.28. The molecular formula is C14H19BrN2S. The van der Waals surface area contributed by atoms with Gasteiger partial charge in [-0.05, 0) is 24.5 Å². The van der Waals surface area contributed by atoms with Gasteiger partial charge in [-0.2, -0.15) is 0 Å². The first-order valence-electron chi connectivity index (χ1n) is 6.42. The first-order chi connectivity index (χ1) is 8.66. The molecule has 18 heavy (non-hydrogen) atoms. The molecule has 1 aromatic carbocycles. The van der Waals surface area contributed by atoms with Crippen molar-refractivity contribution < 1.29 is 0 Å². The normalized spacial score (nSPS) is 16.3. The van der Waals surface area contributed by atoms with Gasteiger partial charge < -0.3 is 5.73 Å². The average Bonchev–Trinajstić information content (AvgIpc) is 2.84. The van der Waals surface area contributed by atoms with E-state index in [2.05, 4.69) is 39.0 Å². The summed E-state index contributed by atoms with van der Waals surface area (Å²) in [5, 5.41) is 0. The third-order valence-electron chi connectivity index (χ3n) is 3.53. The number of nitrogens with two attached hydrogens (primary N) is 1. The van der Waals surface area contributed by atoms with Crippen LogP contribution in [0.3, 0.4) is 0 Å². The Hall–Kier alpha value is -0.450. The third kappa shape index (κ3) is 3.77. The van der Waals surface area contributed by atoms with E-state index in [4.69, 9.17) is 18.0 Å². The quantitative estimate of drug-likeness (QED) is 0.840. The summed E-state index contributed by atoms with van der Waals surface area (Å²) in [7, 11) is 0. The summed E-state index contributed by atoms with van der Waals surface area (Å²) in [4.78, 5) is 3.02. The van der Waals surface area contributed by atoms with E-state index in [9.17, 15) is 0 Å². The highest BCUT2D eigenvalue weighted by Gasteiger charge is 2.23. The van der Waals surface area contributed by atoms with Crippen molar-refractivity contribution in [3.8, 4) is 0 Å². The number of nitrogens with zero attached hydrogens (tertiary/aromatic N) is 1. The first kappa shape index (κ1) is 14.0. The zero-order chi connectivity index (χ0) is 13.0. The SMILES string of the molecule is NC(=S)CN(Cc1ccccc1Br)C1CCCC1. The zero-order valence-corrected chi connectivity index (χ0v) is 12.8. The second-order valence-electron chi connectivity index (χ2n) is 4.90. The largest absolute Gasteiger partial charge is 0.392 e. The molecule has 2 rings (SSSR count). The summed E-state index contributed by atoms with van der Waals surface area (Å²) in [6, 6.07) is 9.00. The highest BCUT2D eigenvalue weighted by Crippen LogP contribution is 2.26. The van der Waals surface area contributed by atoms with Gasteiger partial charge in [0.1, 0.15) is 0 Å². The third-order valence-corrected chi connectivity index (χ3v) is 4.43. The highest BCUT2D eigenvalue weighted by molar-refractivity contribution is 9.10. The molecule has 0 amide bonds. The van der Waals surface area contributed by atoms with E-state index in [0.717, 1.165) is 17.6 Å². The maximum absolute atomic E-state index is 5.73. The van der Waals surface area contributed by atoms with Gasteiger partial charge in [0.25, 0.3) is 0 Å². The number of rotatable bonds is 5. The van der Waals surface area contributed by atoms with Crippen LogP contribution in [0.5, 0.6) is 0 Å². The van der Waals surface area contributed by atoms with Gasteiger partial charge in [-0.15, -0.1) is 0 Å². The van der Waals surface area contributed by atoms with Gasteiger partial charge in [0.2, 0.25) is 0 Å². The van der Waals surface area contributed by atoms with Crippen LogP contribution < -0.4 is 5.73 Å². The molecule has 0 heterocycles. The fourth-order valence-electron chi connectivity index (χ4n) is 2.63. The monoisotopic (exact) mass is 326 g/mol. The molecule has 1 saturated carbocycles. The van der Waals surface area contributed by atoms with Crippen molar-refractivity contribution in [1.82, 2.24) is 4.90 Å². The summed E-state index contributed by atoms with van der Waals surface area (Å²) in [5.74, 6) is 0. The Kier molecular flexibility index (Phi) is 5.15. The van der Waals surface area contributed by atoms with Gasteiger partial charge in [0.15, 0.2) is 0 Å². The minimum atomic E-state index is 0.592. The standard InChI is InChI=1S/C14H19BrN2S/c15-13-8-4-1-5-11(13)9-17(10-14(16)18)12-6-2-3-7-12/h1,4-5,8,12H,2-3,6-7,9-10H2,(H2,16,18). The maximum Gasteiger partial charge on any atom is 0.0870 e. The smallest absolute Gasteiger partial charge is 0.0870 e. The van der Waals surface area contributed by atoms with E-state index in [1.54, 1.807) is 0 Å². The predicted molar refractivity (Wildman–Crippen MR) is 83.6 cm³/mol. The Morgan fingerprint density at radius 1 is 1.33 bits per heavy atom. The molecule has 0 bridgehead atoms. The average molecular weight is 327 g/mol. The van der Waals surface area contributed by atoms with Gasteiger partial charge in [0.05, 0.1) is 4.99 Å². The molecule has 1 aliphatic rings. The Balaban J connectivity index is 2.09. The topological polar surface area (TPSA) is 29.3 Å². The molecule has 1 aromatic rings. The lowest BCUT2D eigenvalue weighted by Gasteiger charge is -2.28. The molecular weight excluding hydrogens is 308 g/mol. The Morgan fingerprint density at radius 3 is 2.61 bits per heavy atom.